The molecule has 170 valence electrons. The average Bonchev–Trinajstić information content (AvgIpc) is 3.37. The van der Waals surface area contributed by atoms with Gasteiger partial charge in [0, 0.05) is 38.3 Å². The molecule has 2 unspecified atom stereocenters. The zero-order chi connectivity index (χ0) is 22.6. The summed E-state index contributed by atoms with van der Waals surface area (Å²) in [6.07, 6.45) is 9.22. The molecule has 1 aliphatic carbocycles. The molecule has 1 aromatic heterocycles. The fourth-order valence-electron chi connectivity index (χ4n) is 5.32. The second-order valence-corrected chi connectivity index (χ2v) is 8.98. The number of piperazine rings is 1. The van der Waals surface area contributed by atoms with Crippen molar-refractivity contribution in [1.29, 1.82) is 5.26 Å². The lowest BCUT2D eigenvalue weighted by atomic mass is 9.80. The summed E-state index contributed by atoms with van der Waals surface area (Å²) in [4.78, 5) is 24.1. The monoisotopic (exact) mass is 436 g/mol. The Bertz CT molecular complexity index is 924. The third-order valence-corrected chi connectivity index (χ3v) is 7.16. The molecule has 0 spiro atoms. The largest absolute Gasteiger partial charge is 0.367 e. The number of hydrogen-bond donors (Lipinski definition) is 3. The maximum atomic E-state index is 12.4. The highest BCUT2D eigenvalue weighted by atomic mass is 16.3. The fourth-order valence-corrected chi connectivity index (χ4v) is 5.32. The molecule has 0 bridgehead atoms. The summed E-state index contributed by atoms with van der Waals surface area (Å²) < 4.78 is 0. The third-order valence-electron chi connectivity index (χ3n) is 7.16. The maximum absolute atomic E-state index is 12.4. The van der Waals surface area contributed by atoms with Gasteiger partial charge in [0.15, 0.2) is 0 Å². The van der Waals surface area contributed by atoms with Gasteiger partial charge >= 0.3 is 0 Å². The van der Waals surface area contributed by atoms with Gasteiger partial charge in [0.25, 0.3) is 5.91 Å². The minimum atomic E-state index is -1.57. The minimum Gasteiger partial charge on any atom is -0.367 e. The number of nitrogens with two attached hydrogens (primary N) is 1. The number of amides is 1. The minimum absolute atomic E-state index is 0.0870. The molecule has 1 amide bonds. The van der Waals surface area contributed by atoms with Crippen LogP contribution in [0.1, 0.15) is 55.0 Å². The number of nitriles is 1. The lowest BCUT2D eigenvalue weighted by Gasteiger charge is -2.48. The Morgan fingerprint density at radius 1 is 1.22 bits per heavy atom. The second-order valence-electron chi connectivity index (χ2n) is 8.98. The maximum Gasteiger partial charge on any atom is 0.265 e. The Hall–Kier alpha value is -2.73. The highest BCUT2D eigenvalue weighted by Gasteiger charge is 2.48. The summed E-state index contributed by atoms with van der Waals surface area (Å²) >= 11 is 0. The van der Waals surface area contributed by atoms with Crippen LogP contribution in [0, 0.1) is 17.2 Å². The molecule has 8 nitrogen and oxygen atoms in total. The van der Waals surface area contributed by atoms with Crippen molar-refractivity contribution in [3.63, 3.8) is 0 Å². The van der Waals surface area contributed by atoms with Gasteiger partial charge in [-0.05, 0) is 37.0 Å². The fraction of sp³-hybridized carbons (Fsp3) is 0.542. The van der Waals surface area contributed by atoms with E-state index in [2.05, 4.69) is 20.9 Å². The average molecular weight is 437 g/mol. The number of benzene rings is 1. The number of aromatic nitrogens is 2. The van der Waals surface area contributed by atoms with E-state index in [9.17, 15) is 9.90 Å². The highest BCUT2D eigenvalue weighted by molar-refractivity contribution is 5.83. The lowest BCUT2D eigenvalue weighted by molar-refractivity contribution is -0.185. The van der Waals surface area contributed by atoms with E-state index in [4.69, 9.17) is 11.0 Å². The molecule has 4 rings (SSSR count). The van der Waals surface area contributed by atoms with Crippen LogP contribution in [0.2, 0.25) is 0 Å². The molecule has 8 heteroatoms. The number of aromatic amines is 1. The molecule has 1 aliphatic heterocycles. The molecule has 4 N–H and O–H groups in total. The van der Waals surface area contributed by atoms with Crippen LogP contribution < -0.4 is 5.73 Å². The molecule has 2 heterocycles. The van der Waals surface area contributed by atoms with Crippen molar-refractivity contribution >= 4 is 5.91 Å². The first-order valence-corrected chi connectivity index (χ1v) is 11.5. The highest BCUT2D eigenvalue weighted by Crippen LogP contribution is 2.36. The molecule has 1 saturated heterocycles. The van der Waals surface area contributed by atoms with Crippen molar-refractivity contribution in [3.8, 4) is 6.07 Å². The van der Waals surface area contributed by atoms with E-state index < -0.39 is 11.6 Å². The number of rotatable bonds is 7. The van der Waals surface area contributed by atoms with E-state index in [-0.39, 0.29) is 12.0 Å². The summed E-state index contributed by atoms with van der Waals surface area (Å²) in [7, 11) is 0. The number of primary amides is 1. The van der Waals surface area contributed by atoms with E-state index in [1.165, 1.54) is 0 Å². The predicted octanol–water partition coefficient (Wildman–Crippen LogP) is 1.94. The molecular formula is C24H32N6O2. The van der Waals surface area contributed by atoms with Crippen LogP contribution in [-0.2, 0) is 11.2 Å². The number of imidazole rings is 1. The van der Waals surface area contributed by atoms with E-state index in [1.54, 1.807) is 6.33 Å². The summed E-state index contributed by atoms with van der Waals surface area (Å²) in [5.74, 6) is -0.720. The van der Waals surface area contributed by atoms with Gasteiger partial charge in [0.2, 0.25) is 5.72 Å². The van der Waals surface area contributed by atoms with Gasteiger partial charge in [-0.25, -0.2) is 4.98 Å². The number of nitrogens with one attached hydrogen (secondary N) is 1. The summed E-state index contributed by atoms with van der Waals surface area (Å²) in [5.41, 5.74) is 7.00. The Kier molecular flexibility index (Phi) is 6.89. The normalized spacial score (nSPS) is 21.5. The predicted molar refractivity (Wildman–Crippen MR) is 120 cm³/mol. The van der Waals surface area contributed by atoms with Crippen molar-refractivity contribution in [1.82, 2.24) is 19.8 Å². The Morgan fingerprint density at radius 2 is 1.91 bits per heavy atom. The van der Waals surface area contributed by atoms with Crippen LogP contribution in [-0.4, -0.2) is 62.7 Å². The van der Waals surface area contributed by atoms with Gasteiger partial charge in [-0.2, -0.15) is 5.26 Å². The van der Waals surface area contributed by atoms with Crippen molar-refractivity contribution in [2.45, 2.75) is 50.3 Å². The molecule has 0 radical (unpaired) electrons. The smallest absolute Gasteiger partial charge is 0.265 e. The summed E-state index contributed by atoms with van der Waals surface area (Å²) in [6, 6.07) is 9.92. The SMILES string of the molecule is N#Cc1ccc(CC(c2cnc[nH]2)N2CCN(C(O)(C(N)=O)C3CCCCC3)CC2)cc1. The number of nitrogens with zero attached hydrogens (tertiary/aromatic N) is 4. The molecular weight excluding hydrogens is 404 g/mol. The molecule has 2 aromatic rings. The van der Waals surface area contributed by atoms with Gasteiger partial charge in [0.1, 0.15) is 0 Å². The van der Waals surface area contributed by atoms with Gasteiger partial charge < -0.3 is 15.8 Å². The number of hydrogen-bond acceptors (Lipinski definition) is 6. The van der Waals surface area contributed by atoms with Crippen LogP contribution in [0.4, 0.5) is 0 Å². The molecule has 1 aromatic carbocycles. The molecule has 2 fully saturated rings. The second kappa shape index (κ2) is 9.82. The molecule has 32 heavy (non-hydrogen) atoms. The van der Waals surface area contributed by atoms with E-state index in [0.29, 0.717) is 31.7 Å². The Balaban J connectivity index is 1.48. The van der Waals surface area contributed by atoms with Gasteiger partial charge in [-0.1, -0.05) is 31.4 Å². The van der Waals surface area contributed by atoms with Crippen LogP contribution >= 0.6 is 0 Å². The third kappa shape index (κ3) is 4.56. The summed E-state index contributed by atoms with van der Waals surface area (Å²) in [6.45, 7) is 2.58. The zero-order valence-electron chi connectivity index (χ0n) is 18.4. The van der Waals surface area contributed by atoms with E-state index >= 15 is 0 Å². The first kappa shape index (κ1) is 22.5. The van der Waals surface area contributed by atoms with Crippen molar-refractivity contribution in [2.75, 3.05) is 26.2 Å². The van der Waals surface area contributed by atoms with Gasteiger partial charge in [0.05, 0.1) is 29.7 Å². The van der Waals surface area contributed by atoms with Crippen molar-refractivity contribution < 1.29 is 9.90 Å². The van der Waals surface area contributed by atoms with Crippen LogP contribution in [0.25, 0.3) is 0 Å². The van der Waals surface area contributed by atoms with Crippen LogP contribution in [0.5, 0.6) is 0 Å². The van der Waals surface area contributed by atoms with E-state index in [0.717, 1.165) is 49.8 Å². The topological polar surface area (TPSA) is 122 Å². The number of carbonyl (C=O) groups is 1. The summed E-state index contributed by atoms with van der Waals surface area (Å²) in [5, 5.41) is 20.5. The number of aliphatic hydroxyl groups is 1. The lowest BCUT2D eigenvalue weighted by Crippen LogP contribution is -2.66. The first-order valence-electron chi connectivity index (χ1n) is 11.5. The van der Waals surface area contributed by atoms with E-state index in [1.807, 2.05) is 35.4 Å². The van der Waals surface area contributed by atoms with Crippen LogP contribution in [0.15, 0.2) is 36.8 Å². The van der Waals surface area contributed by atoms with Crippen LogP contribution in [0.3, 0.4) is 0 Å². The van der Waals surface area contributed by atoms with Crippen molar-refractivity contribution in [2.24, 2.45) is 11.7 Å². The molecule has 2 aliphatic rings. The van der Waals surface area contributed by atoms with Gasteiger partial charge in [-0.3, -0.25) is 14.6 Å². The first-order chi connectivity index (χ1) is 15.5. The molecule has 1 saturated carbocycles. The van der Waals surface area contributed by atoms with Gasteiger partial charge in [-0.15, -0.1) is 0 Å². The standard InChI is InChI=1S/C24H32N6O2/c25-15-19-8-6-18(7-9-19)14-22(21-16-27-17-28-21)29-10-12-30(13-11-29)24(32,23(26)31)20-4-2-1-3-5-20/h6-9,16-17,20,22,32H,1-5,10-14H2,(H2,26,31)(H,27,28). The number of H-pyrrole nitrogens is 1. The Morgan fingerprint density at radius 3 is 2.47 bits per heavy atom. The quantitative estimate of drug-likeness (QED) is 0.610. The number of carbonyl (C=O) groups excluding carboxylic acids is 1. The zero-order valence-corrected chi connectivity index (χ0v) is 18.4. The Labute approximate surface area is 189 Å². The molecule has 2 atom stereocenters. The van der Waals surface area contributed by atoms with Crippen molar-refractivity contribution in [3.05, 3.63) is 53.6 Å².